The largest absolute Gasteiger partial charge is 0.340 e. The van der Waals surface area contributed by atoms with Crippen molar-refractivity contribution in [3.63, 3.8) is 0 Å². The van der Waals surface area contributed by atoms with E-state index in [9.17, 15) is 4.79 Å². The summed E-state index contributed by atoms with van der Waals surface area (Å²) in [5.74, 6) is 1.45. The summed E-state index contributed by atoms with van der Waals surface area (Å²) in [6.45, 7) is 3.19. The fourth-order valence-electron chi connectivity index (χ4n) is 1.88. The van der Waals surface area contributed by atoms with Gasteiger partial charge in [0.1, 0.15) is 0 Å². The van der Waals surface area contributed by atoms with Crippen molar-refractivity contribution in [3.8, 4) is 5.69 Å². The number of benzene rings is 1. The van der Waals surface area contributed by atoms with E-state index in [2.05, 4.69) is 31.0 Å². The molecule has 0 aliphatic carbocycles. The Morgan fingerprint density at radius 1 is 1.43 bits per heavy atom. The summed E-state index contributed by atoms with van der Waals surface area (Å²) >= 11 is 1.39. The number of carbonyl (C=O) groups excluding carboxylic acids is 1. The Hall–Kier alpha value is -2.75. The Labute approximate surface area is 135 Å². The number of amides is 1. The van der Waals surface area contributed by atoms with Crippen LogP contribution in [0.15, 0.2) is 33.9 Å². The van der Waals surface area contributed by atoms with Crippen LogP contribution in [0.5, 0.6) is 0 Å². The molecule has 23 heavy (non-hydrogen) atoms. The molecule has 1 aromatic carbocycles. The highest BCUT2D eigenvalue weighted by molar-refractivity contribution is 7.98. The normalized spacial score (nSPS) is 10.7. The minimum atomic E-state index is -0.138. The number of aromatic nitrogens is 6. The van der Waals surface area contributed by atoms with E-state index in [1.807, 2.05) is 12.1 Å². The minimum Gasteiger partial charge on any atom is -0.340 e. The first-order valence-electron chi connectivity index (χ1n) is 6.70. The zero-order valence-electron chi connectivity index (χ0n) is 12.4. The maximum atomic E-state index is 11.2. The van der Waals surface area contributed by atoms with Crippen molar-refractivity contribution in [2.75, 3.05) is 5.32 Å². The van der Waals surface area contributed by atoms with Gasteiger partial charge in [-0.2, -0.15) is 9.67 Å². The van der Waals surface area contributed by atoms with Crippen LogP contribution >= 0.6 is 11.8 Å². The molecule has 0 aliphatic heterocycles. The highest BCUT2D eigenvalue weighted by atomic mass is 32.2. The molecule has 0 bridgehead atoms. The van der Waals surface area contributed by atoms with Crippen LogP contribution in [0.1, 0.15) is 18.6 Å². The smallest absolute Gasteiger partial charge is 0.223 e. The number of aryl methyl sites for hydroxylation is 1. The van der Waals surface area contributed by atoms with E-state index in [-0.39, 0.29) is 5.91 Å². The number of tetrazole rings is 1. The molecule has 118 valence electrons. The molecular weight excluding hydrogens is 318 g/mol. The predicted octanol–water partition coefficient (Wildman–Crippen LogP) is 1.60. The SMILES string of the molecule is CC(=O)Nc1cccc(-n2nnnc2SCc2noc(C)n2)c1. The summed E-state index contributed by atoms with van der Waals surface area (Å²) in [5.41, 5.74) is 1.42. The lowest BCUT2D eigenvalue weighted by Crippen LogP contribution is -2.07. The van der Waals surface area contributed by atoms with Gasteiger partial charge >= 0.3 is 0 Å². The van der Waals surface area contributed by atoms with Gasteiger partial charge in [0.05, 0.1) is 11.4 Å². The molecule has 9 nitrogen and oxygen atoms in total. The molecule has 0 atom stereocenters. The second kappa shape index (κ2) is 6.57. The number of nitrogens with zero attached hydrogens (tertiary/aromatic N) is 6. The summed E-state index contributed by atoms with van der Waals surface area (Å²) in [6, 6.07) is 7.26. The Bertz CT molecular complexity index is 829. The summed E-state index contributed by atoms with van der Waals surface area (Å²) in [6.07, 6.45) is 0. The second-order valence-electron chi connectivity index (χ2n) is 4.62. The van der Waals surface area contributed by atoms with Crippen LogP contribution < -0.4 is 5.32 Å². The van der Waals surface area contributed by atoms with E-state index in [1.165, 1.54) is 18.7 Å². The van der Waals surface area contributed by atoms with E-state index >= 15 is 0 Å². The molecule has 1 N–H and O–H groups in total. The summed E-state index contributed by atoms with van der Waals surface area (Å²) in [5, 5.41) is 18.8. The Morgan fingerprint density at radius 2 is 2.30 bits per heavy atom. The topological polar surface area (TPSA) is 112 Å². The lowest BCUT2D eigenvalue weighted by Gasteiger charge is -2.06. The first-order chi connectivity index (χ1) is 11.1. The molecule has 0 fully saturated rings. The van der Waals surface area contributed by atoms with Gasteiger partial charge in [0.15, 0.2) is 5.82 Å². The van der Waals surface area contributed by atoms with Crippen LogP contribution in [0, 0.1) is 6.92 Å². The Balaban J connectivity index is 1.78. The third-order valence-electron chi connectivity index (χ3n) is 2.75. The van der Waals surface area contributed by atoms with Gasteiger partial charge in [-0.1, -0.05) is 23.0 Å². The van der Waals surface area contributed by atoms with Crippen molar-refractivity contribution in [3.05, 3.63) is 36.0 Å². The quantitative estimate of drug-likeness (QED) is 0.702. The molecule has 0 saturated heterocycles. The van der Waals surface area contributed by atoms with Crippen LogP contribution in [-0.2, 0) is 10.5 Å². The number of rotatable bonds is 5. The molecule has 0 radical (unpaired) electrons. The molecule has 2 heterocycles. The van der Waals surface area contributed by atoms with Gasteiger partial charge in [0.25, 0.3) is 0 Å². The van der Waals surface area contributed by atoms with Crippen LogP contribution in [0.3, 0.4) is 0 Å². The van der Waals surface area contributed by atoms with Crippen LogP contribution in [-0.4, -0.2) is 36.3 Å². The number of hydrogen-bond donors (Lipinski definition) is 1. The van der Waals surface area contributed by atoms with E-state index in [1.54, 1.807) is 23.7 Å². The molecular formula is C13H13N7O2S. The van der Waals surface area contributed by atoms with Gasteiger partial charge in [-0.05, 0) is 28.6 Å². The van der Waals surface area contributed by atoms with Crippen LogP contribution in [0.4, 0.5) is 5.69 Å². The first-order valence-corrected chi connectivity index (χ1v) is 7.69. The lowest BCUT2D eigenvalue weighted by atomic mass is 10.3. The summed E-state index contributed by atoms with van der Waals surface area (Å²) < 4.78 is 6.52. The molecule has 3 aromatic rings. The van der Waals surface area contributed by atoms with E-state index in [4.69, 9.17) is 4.52 Å². The van der Waals surface area contributed by atoms with Gasteiger partial charge in [-0.15, -0.1) is 5.10 Å². The van der Waals surface area contributed by atoms with Gasteiger partial charge in [-0.3, -0.25) is 4.79 Å². The summed E-state index contributed by atoms with van der Waals surface area (Å²) in [7, 11) is 0. The van der Waals surface area contributed by atoms with Crippen LogP contribution in [0.25, 0.3) is 5.69 Å². The van der Waals surface area contributed by atoms with E-state index in [0.29, 0.717) is 28.3 Å². The number of thioether (sulfide) groups is 1. The fraction of sp³-hybridized carbons (Fsp3) is 0.231. The second-order valence-corrected chi connectivity index (χ2v) is 5.57. The first kappa shape index (κ1) is 15.2. The number of anilines is 1. The molecule has 1 amide bonds. The third-order valence-corrected chi connectivity index (χ3v) is 3.67. The standard InChI is InChI=1S/C13H13N7O2S/c1-8(21)14-10-4-3-5-11(6-10)20-13(16-18-19-20)23-7-12-15-9(2)22-17-12/h3-6H,7H2,1-2H3,(H,14,21). The van der Waals surface area contributed by atoms with Gasteiger partial charge in [0.2, 0.25) is 17.0 Å². The fourth-order valence-corrected chi connectivity index (χ4v) is 2.61. The molecule has 2 aromatic heterocycles. The van der Waals surface area contributed by atoms with Crippen molar-refractivity contribution in [1.82, 2.24) is 30.3 Å². The molecule has 0 aliphatic rings. The highest BCUT2D eigenvalue weighted by Gasteiger charge is 2.12. The molecule has 3 rings (SSSR count). The number of nitrogens with one attached hydrogen (secondary N) is 1. The van der Waals surface area contributed by atoms with Crippen molar-refractivity contribution in [2.45, 2.75) is 24.8 Å². The Kier molecular flexibility index (Phi) is 4.33. The lowest BCUT2D eigenvalue weighted by molar-refractivity contribution is -0.114. The number of carbonyl (C=O) groups is 1. The maximum Gasteiger partial charge on any atom is 0.223 e. The molecule has 0 saturated carbocycles. The monoisotopic (exact) mass is 331 g/mol. The van der Waals surface area contributed by atoms with E-state index in [0.717, 1.165) is 5.69 Å². The van der Waals surface area contributed by atoms with Crippen molar-refractivity contribution in [2.24, 2.45) is 0 Å². The zero-order chi connectivity index (χ0) is 16.2. The highest BCUT2D eigenvalue weighted by Crippen LogP contribution is 2.22. The third kappa shape index (κ3) is 3.72. The van der Waals surface area contributed by atoms with Crippen molar-refractivity contribution < 1.29 is 9.32 Å². The molecule has 0 spiro atoms. The van der Waals surface area contributed by atoms with Gasteiger partial charge in [-0.25, -0.2) is 0 Å². The number of hydrogen-bond acceptors (Lipinski definition) is 8. The van der Waals surface area contributed by atoms with Gasteiger partial charge in [0, 0.05) is 19.5 Å². The Morgan fingerprint density at radius 3 is 3.04 bits per heavy atom. The average Bonchev–Trinajstić information content (AvgIpc) is 3.13. The summed E-state index contributed by atoms with van der Waals surface area (Å²) in [4.78, 5) is 15.3. The average molecular weight is 331 g/mol. The van der Waals surface area contributed by atoms with Crippen molar-refractivity contribution >= 4 is 23.4 Å². The predicted molar refractivity (Wildman–Crippen MR) is 82.1 cm³/mol. The zero-order valence-corrected chi connectivity index (χ0v) is 13.2. The van der Waals surface area contributed by atoms with Crippen LogP contribution in [0.2, 0.25) is 0 Å². The molecule has 0 unspecified atom stereocenters. The van der Waals surface area contributed by atoms with E-state index < -0.39 is 0 Å². The molecule has 10 heteroatoms. The van der Waals surface area contributed by atoms with Gasteiger partial charge < -0.3 is 9.84 Å². The minimum absolute atomic E-state index is 0.138. The van der Waals surface area contributed by atoms with Crippen molar-refractivity contribution in [1.29, 1.82) is 0 Å². The maximum absolute atomic E-state index is 11.2.